The molecule has 0 aromatic heterocycles. The first-order valence-electron chi connectivity index (χ1n) is 8.37. The van der Waals surface area contributed by atoms with Crippen LogP contribution < -0.4 is 0 Å². The Bertz CT molecular complexity index is 627. The summed E-state index contributed by atoms with van der Waals surface area (Å²) >= 11 is 0. The van der Waals surface area contributed by atoms with E-state index >= 15 is 0 Å². The molecule has 120 valence electrons. The van der Waals surface area contributed by atoms with Gasteiger partial charge in [0, 0.05) is 0 Å². The van der Waals surface area contributed by atoms with Gasteiger partial charge >= 0.3 is 5.97 Å². The molecule has 2 aromatic carbocycles. The van der Waals surface area contributed by atoms with Crippen molar-refractivity contribution in [1.29, 1.82) is 0 Å². The summed E-state index contributed by atoms with van der Waals surface area (Å²) in [5, 5.41) is 1.85. The van der Waals surface area contributed by atoms with Crippen molar-refractivity contribution in [3.05, 3.63) is 71.8 Å². The Morgan fingerprint density at radius 1 is 1.00 bits per heavy atom. The molecular weight excluding hydrogens is 286 g/mol. The maximum absolute atomic E-state index is 12.4. The molecule has 23 heavy (non-hydrogen) atoms. The molecule has 1 heterocycles. The number of hydrogen-bond acceptors (Lipinski definition) is 3. The van der Waals surface area contributed by atoms with Gasteiger partial charge in [-0.25, -0.2) is 4.79 Å². The van der Waals surface area contributed by atoms with Crippen molar-refractivity contribution in [2.24, 2.45) is 5.92 Å². The summed E-state index contributed by atoms with van der Waals surface area (Å²) in [4.78, 5) is 18.0. The molecule has 0 aliphatic carbocycles. The summed E-state index contributed by atoms with van der Waals surface area (Å²) in [6.07, 6.45) is 3.01. The largest absolute Gasteiger partial charge is 0.367 e. The van der Waals surface area contributed by atoms with Crippen LogP contribution in [0.15, 0.2) is 60.7 Å². The van der Waals surface area contributed by atoms with Crippen LogP contribution >= 0.6 is 0 Å². The predicted octanol–water partition coefficient (Wildman–Crippen LogP) is 4.51. The van der Waals surface area contributed by atoms with E-state index < -0.39 is 0 Å². The van der Waals surface area contributed by atoms with E-state index in [0.29, 0.717) is 6.54 Å². The fraction of sp³-hybridized carbons (Fsp3) is 0.350. The summed E-state index contributed by atoms with van der Waals surface area (Å²) in [5.74, 6) is -0.177. The third-order valence-corrected chi connectivity index (χ3v) is 4.39. The highest BCUT2D eigenvalue weighted by atomic mass is 16.7. The number of carbonyl (C=O) groups is 1. The summed E-state index contributed by atoms with van der Waals surface area (Å²) in [5.41, 5.74) is 2.30. The maximum atomic E-state index is 12.4. The molecule has 2 aromatic rings. The summed E-state index contributed by atoms with van der Waals surface area (Å²) in [6, 6.07) is 20.4. The minimum Gasteiger partial charge on any atom is -0.367 e. The van der Waals surface area contributed by atoms with Crippen molar-refractivity contribution >= 4 is 5.97 Å². The number of hydrogen-bond donors (Lipinski definition) is 0. The Labute approximate surface area is 137 Å². The zero-order valence-electron chi connectivity index (χ0n) is 13.5. The first-order chi connectivity index (χ1) is 11.3. The zero-order chi connectivity index (χ0) is 16.1. The smallest absolute Gasteiger partial charge is 0.330 e. The van der Waals surface area contributed by atoms with Gasteiger partial charge in [-0.2, -0.15) is 0 Å². The Kier molecular flexibility index (Phi) is 5.09. The van der Waals surface area contributed by atoms with Crippen molar-refractivity contribution in [1.82, 2.24) is 5.06 Å². The van der Waals surface area contributed by atoms with E-state index in [4.69, 9.17) is 4.84 Å². The standard InChI is InChI=1S/C20H23NO2/c1-2-3-14-18-19(17-12-8-5-9-13-17)21(23-20(18)22)15-16-10-6-4-7-11-16/h4-13,18-19H,2-3,14-15H2,1H3. The summed E-state index contributed by atoms with van der Waals surface area (Å²) in [6.45, 7) is 2.77. The van der Waals surface area contributed by atoms with Crippen molar-refractivity contribution < 1.29 is 9.63 Å². The molecule has 2 atom stereocenters. The van der Waals surface area contributed by atoms with Crippen LogP contribution in [0.1, 0.15) is 43.4 Å². The Balaban J connectivity index is 1.86. The number of carbonyl (C=O) groups excluding carboxylic acids is 1. The summed E-state index contributed by atoms with van der Waals surface area (Å²) in [7, 11) is 0. The number of nitrogens with zero attached hydrogens (tertiary/aromatic N) is 1. The number of unbranched alkanes of at least 4 members (excludes halogenated alkanes) is 1. The number of hydroxylamine groups is 2. The minimum atomic E-state index is -0.0942. The van der Waals surface area contributed by atoms with Crippen molar-refractivity contribution in [3.8, 4) is 0 Å². The molecule has 3 nitrogen and oxygen atoms in total. The topological polar surface area (TPSA) is 29.5 Å². The molecule has 0 amide bonds. The van der Waals surface area contributed by atoms with Gasteiger partial charge in [0.1, 0.15) is 0 Å². The fourth-order valence-electron chi connectivity index (χ4n) is 3.21. The molecule has 1 aliphatic heterocycles. The normalized spacial score (nSPS) is 21.3. The van der Waals surface area contributed by atoms with Crippen molar-refractivity contribution in [3.63, 3.8) is 0 Å². The quantitative estimate of drug-likeness (QED) is 0.786. The summed E-state index contributed by atoms with van der Waals surface area (Å²) < 4.78 is 0. The van der Waals surface area contributed by atoms with Crippen molar-refractivity contribution in [2.75, 3.05) is 0 Å². The highest BCUT2D eigenvalue weighted by Gasteiger charge is 2.43. The molecular formula is C20H23NO2. The molecule has 0 radical (unpaired) electrons. The third kappa shape index (κ3) is 3.62. The first-order valence-corrected chi connectivity index (χ1v) is 8.37. The van der Waals surface area contributed by atoms with E-state index in [2.05, 4.69) is 31.2 Å². The molecule has 3 rings (SSSR count). The highest BCUT2D eigenvalue weighted by molar-refractivity contribution is 5.75. The Morgan fingerprint density at radius 2 is 1.65 bits per heavy atom. The van der Waals surface area contributed by atoms with Crippen LogP contribution in [0.25, 0.3) is 0 Å². The van der Waals surface area contributed by atoms with E-state index in [1.54, 1.807) is 0 Å². The molecule has 1 aliphatic rings. The van der Waals surface area contributed by atoms with Gasteiger partial charge in [0.25, 0.3) is 0 Å². The molecule has 0 N–H and O–H groups in total. The van der Waals surface area contributed by atoms with Gasteiger partial charge in [-0.3, -0.25) is 0 Å². The number of rotatable bonds is 6. The average molecular weight is 309 g/mol. The highest BCUT2D eigenvalue weighted by Crippen LogP contribution is 2.39. The van der Waals surface area contributed by atoms with Gasteiger partial charge in [-0.05, 0) is 17.5 Å². The molecule has 0 bridgehead atoms. The van der Waals surface area contributed by atoms with Crippen LogP contribution in [0.5, 0.6) is 0 Å². The van der Waals surface area contributed by atoms with Crippen LogP contribution in [0, 0.1) is 5.92 Å². The van der Waals surface area contributed by atoms with E-state index in [-0.39, 0.29) is 17.9 Å². The second-order valence-electron chi connectivity index (χ2n) is 6.08. The van der Waals surface area contributed by atoms with Crippen LogP contribution in [0.4, 0.5) is 0 Å². The van der Waals surface area contributed by atoms with E-state index in [1.165, 1.54) is 0 Å². The lowest BCUT2D eigenvalue weighted by molar-refractivity contribution is -0.178. The lowest BCUT2D eigenvalue weighted by atomic mass is 9.89. The molecule has 2 unspecified atom stereocenters. The predicted molar refractivity (Wildman–Crippen MR) is 90.3 cm³/mol. The van der Waals surface area contributed by atoms with Crippen LogP contribution in [-0.2, 0) is 16.2 Å². The van der Waals surface area contributed by atoms with Gasteiger partial charge < -0.3 is 4.84 Å². The third-order valence-electron chi connectivity index (χ3n) is 4.39. The molecule has 3 heteroatoms. The average Bonchev–Trinajstić information content (AvgIpc) is 2.90. The second-order valence-corrected chi connectivity index (χ2v) is 6.08. The van der Waals surface area contributed by atoms with E-state index in [1.807, 2.05) is 41.5 Å². The molecule has 1 saturated heterocycles. The Hall–Kier alpha value is -2.13. The van der Waals surface area contributed by atoms with Crippen LogP contribution in [-0.4, -0.2) is 11.0 Å². The van der Waals surface area contributed by atoms with Gasteiger partial charge in [-0.15, -0.1) is 5.06 Å². The zero-order valence-corrected chi connectivity index (χ0v) is 13.5. The maximum Gasteiger partial charge on any atom is 0.330 e. The Morgan fingerprint density at radius 3 is 2.30 bits per heavy atom. The molecule has 0 saturated carbocycles. The van der Waals surface area contributed by atoms with E-state index in [9.17, 15) is 4.79 Å². The van der Waals surface area contributed by atoms with E-state index in [0.717, 1.165) is 30.4 Å². The van der Waals surface area contributed by atoms with Gasteiger partial charge in [0.05, 0.1) is 18.5 Å². The lowest BCUT2D eigenvalue weighted by Gasteiger charge is -2.24. The van der Waals surface area contributed by atoms with Crippen molar-refractivity contribution in [2.45, 2.75) is 38.8 Å². The van der Waals surface area contributed by atoms with Crippen LogP contribution in [0.3, 0.4) is 0 Å². The van der Waals surface area contributed by atoms with Gasteiger partial charge in [0.15, 0.2) is 0 Å². The minimum absolute atomic E-state index is 0.00421. The van der Waals surface area contributed by atoms with Gasteiger partial charge in [0.2, 0.25) is 0 Å². The molecule has 0 spiro atoms. The monoisotopic (exact) mass is 309 g/mol. The SMILES string of the molecule is CCCCC1C(=O)ON(Cc2ccccc2)C1c1ccccc1. The lowest BCUT2D eigenvalue weighted by Crippen LogP contribution is -2.24. The number of benzene rings is 2. The van der Waals surface area contributed by atoms with Gasteiger partial charge in [-0.1, -0.05) is 80.4 Å². The second kappa shape index (κ2) is 7.42. The van der Waals surface area contributed by atoms with Crippen LogP contribution in [0.2, 0.25) is 0 Å². The fourth-order valence-corrected chi connectivity index (χ4v) is 3.21. The molecule has 1 fully saturated rings. The first kappa shape index (κ1) is 15.8.